The number of hydrogen-bond donors (Lipinski definition) is 0. The zero-order valence-electron chi connectivity index (χ0n) is 11.1. The van der Waals surface area contributed by atoms with Crippen molar-refractivity contribution in [1.29, 1.82) is 0 Å². The van der Waals surface area contributed by atoms with E-state index in [0.717, 1.165) is 5.56 Å². The summed E-state index contributed by atoms with van der Waals surface area (Å²) in [6, 6.07) is 16.6. The number of fused-ring (bicyclic) bond motifs is 2. The topological polar surface area (TPSA) is 52.6 Å². The molecule has 1 spiro atoms. The Morgan fingerprint density at radius 2 is 1.62 bits per heavy atom. The van der Waals surface area contributed by atoms with Crippen molar-refractivity contribution in [2.45, 2.75) is 18.1 Å². The molecule has 0 radical (unpaired) electrons. The fourth-order valence-electron chi connectivity index (χ4n) is 3.15. The van der Waals surface area contributed by atoms with E-state index in [1.54, 1.807) is 18.2 Å². The van der Waals surface area contributed by atoms with Gasteiger partial charge in [-0.25, -0.2) is 4.79 Å². The van der Waals surface area contributed by atoms with E-state index in [2.05, 4.69) is 0 Å². The first-order valence-corrected chi connectivity index (χ1v) is 6.80. The lowest BCUT2D eigenvalue weighted by molar-refractivity contribution is -0.193. The molecule has 2 aliphatic heterocycles. The van der Waals surface area contributed by atoms with E-state index < -0.39 is 11.8 Å². The van der Waals surface area contributed by atoms with Crippen molar-refractivity contribution in [2.75, 3.05) is 0 Å². The number of benzene rings is 2. The van der Waals surface area contributed by atoms with Crippen LogP contribution in [0.4, 0.5) is 0 Å². The van der Waals surface area contributed by atoms with Gasteiger partial charge in [0.25, 0.3) is 5.79 Å². The van der Waals surface area contributed by atoms with Crippen LogP contribution >= 0.6 is 0 Å². The predicted octanol–water partition coefficient (Wildman–Crippen LogP) is 2.74. The number of carbonyl (C=O) groups is 2. The second-order valence-electron chi connectivity index (χ2n) is 5.24. The number of hydrogen-bond acceptors (Lipinski definition) is 4. The minimum atomic E-state index is -1.31. The van der Waals surface area contributed by atoms with Crippen LogP contribution in [0.3, 0.4) is 0 Å². The first-order chi connectivity index (χ1) is 10.2. The van der Waals surface area contributed by atoms with Gasteiger partial charge in [0.05, 0.1) is 23.5 Å². The molecule has 1 saturated heterocycles. The van der Waals surface area contributed by atoms with Crippen LogP contribution in [0.1, 0.15) is 33.8 Å². The Morgan fingerprint density at radius 3 is 2.43 bits per heavy atom. The van der Waals surface area contributed by atoms with Crippen molar-refractivity contribution in [3.05, 3.63) is 71.3 Å². The predicted molar refractivity (Wildman–Crippen MR) is 73.4 cm³/mol. The summed E-state index contributed by atoms with van der Waals surface area (Å²) in [6.45, 7) is 0. The summed E-state index contributed by atoms with van der Waals surface area (Å²) in [6.07, 6.45) is 0.200. The molecule has 2 unspecified atom stereocenters. The summed E-state index contributed by atoms with van der Waals surface area (Å²) in [5.41, 5.74) is 2.02. The molecule has 2 aromatic rings. The average Bonchev–Trinajstić information content (AvgIpc) is 2.99. The van der Waals surface area contributed by atoms with E-state index in [1.165, 1.54) is 0 Å². The van der Waals surface area contributed by atoms with Gasteiger partial charge in [0, 0.05) is 0 Å². The van der Waals surface area contributed by atoms with Crippen molar-refractivity contribution < 1.29 is 19.1 Å². The van der Waals surface area contributed by atoms with E-state index in [4.69, 9.17) is 9.47 Å². The SMILES string of the molecule is O=C1CC(c2ccccc2)C2(O1)OC(=O)c1ccccc12. The first-order valence-electron chi connectivity index (χ1n) is 6.80. The first kappa shape index (κ1) is 12.1. The molecular formula is C17H12O4. The quantitative estimate of drug-likeness (QED) is 0.754. The normalized spacial score (nSPS) is 26.6. The van der Waals surface area contributed by atoms with Gasteiger partial charge in [-0.3, -0.25) is 4.79 Å². The van der Waals surface area contributed by atoms with Gasteiger partial charge in [-0.05, 0) is 11.6 Å². The summed E-state index contributed by atoms with van der Waals surface area (Å²) in [4.78, 5) is 24.0. The molecule has 0 amide bonds. The third-order valence-corrected chi connectivity index (χ3v) is 4.06. The smallest absolute Gasteiger partial charge is 0.342 e. The van der Waals surface area contributed by atoms with Gasteiger partial charge in [-0.15, -0.1) is 0 Å². The van der Waals surface area contributed by atoms with E-state index in [0.29, 0.717) is 11.1 Å². The van der Waals surface area contributed by atoms with Crippen molar-refractivity contribution in [3.8, 4) is 0 Å². The molecule has 0 N–H and O–H groups in total. The third-order valence-electron chi connectivity index (χ3n) is 4.06. The molecular weight excluding hydrogens is 268 g/mol. The molecule has 0 saturated carbocycles. The van der Waals surface area contributed by atoms with Crippen molar-refractivity contribution in [2.24, 2.45) is 0 Å². The lowest BCUT2D eigenvalue weighted by Crippen LogP contribution is -2.31. The highest BCUT2D eigenvalue weighted by atomic mass is 16.7. The van der Waals surface area contributed by atoms with Crippen molar-refractivity contribution >= 4 is 11.9 Å². The third kappa shape index (κ3) is 1.62. The lowest BCUT2D eigenvalue weighted by atomic mass is 9.85. The van der Waals surface area contributed by atoms with Gasteiger partial charge >= 0.3 is 11.9 Å². The molecule has 2 aliphatic rings. The summed E-state index contributed by atoms with van der Waals surface area (Å²) in [7, 11) is 0. The Morgan fingerprint density at radius 1 is 0.905 bits per heavy atom. The van der Waals surface area contributed by atoms with Gasteiger partial charge in [0.15, 0.2) is 0 Å². The largest absolute Gasteiger partial charge is 0.417 e. The Balaban J connectivity index is 1.90. The maximum atomic E-state index is 12.1. The minimum absolute atomic E-state index is 0.200. The van der Waals surface area contributed by atoms with Crippen LogP contribution in [-0.4, -0.2) is 11.9 Å². The van der Waals surface area contributed by atoms with E-state index in [-0.39, 0.29) is 18.3 Å². The Hall–Kier alpha value is -2.62. The summed E-state index contributed by atoms with van der Waals surface area (Å²) in [5, 5.41) is 0. The van der Waals surface area contributed by atoms with Gasteiger partial charge in [0.2, 0.25) is 0 Å². The van der Waals surface area contributed by atoms with Gasteiger partial charge in [0.1, 0.15) is 0 Å². The average molecular weight is 280 g/mol. The van der Waals surface area contributed by atoms with Crippen LogP contribution in [0, 0.1) is 0 Å². The second kappa shape index (κ2) is 4.19. The highest BCUT2D eigenvalue weighted by molar-refractivity contribution is 5.95. The van der Waals surface area contributed by atoms with Crippen molar-refractivity contribution in [3.63, 3.8) is 0 Å². The maximum Gasteiger partial charge on any atom is 0.342 e. The van der Waals surface area contributed by atoms with E-state index >= 15 is 0 Å². The van der Waals surface area contributed by atoms with Crippen LogP contribution < -0.4 is 0 Å². The Labute approximate surface area is 121 Å². The van der Waals surface area contributed by atoms with Crippen molar-refractivity contribution in [1.82, 2.24) is 0 Å². The zero-order valence-corrected chi connectivity index (χ0v) is 11.1. The van der Waals surface area contributed by atoms with Gasteiger partial charge < -0.3 is 9.47 Å². The molecule has 0 aromatic heterocycles. The van der Waals surface area contributed by atoms with Crippen LogP contribution in [0.25, 0.3) is 0 Å². The van der Waals surface area contributed by atoms with Crippen LogP contribution in [-0.2, 0) is 20.1 Å². The standard InChI is InChI=1S/C17H12O4/c18-15-10-14(11-6-2-1-3-7-11)17(20-15)13-9-5-4-8-12(13)16(19)21-17/h1-9,14H,10H2. The monoisotopic (exact) mass is 280 g/mol. The summed E-state index contributed by atoms with van der Waals surface area (Å²) in [5.74, 6) is -2.43. The summed E-state index contributed by atoms with van der Waals surface area (Å²) >= 11 is 0. The van der Waals surface area contributed by atoms with E-state index in [1.807, 2.05) is 36.4 Å². The number of esters is 2. The van der Waals surface area contributed by atoms with Gasteiger partial charge in [-0.2, -0.15) is 0 Å². The number of carbonyl (C=O) groups excluding carboxylic acids is 2. The molecule has 2 aromatic carbocycles. The Bertz CT molecular complexity index is 737. The van der Waals surface area contributed by atoms with E-state index in [9.17, 15) is 9.59 Å². The molecule has 4 nitrogen and oxygen atoms in total. The molecule has 2 atom stereocenters. The number of rotatable bonds is 1. The molecule has 0 aliphatic carbocycles. The lowest BCUT2D eigenvalue weighted by Gasteiger charge is -2.28. The van der Waals surface area contributed by atoms with Crippen LogP contribution in [0.15, 0.2) is 54.6 Å². The number of ether oxygens (including phenoxy) is 2. The molecule has 4 rings (SSSR count). The molecule has 4 heteroatoms. The fourth-order valence-corrected chi connectivity index (χ4v) is 3.15. The maximum absolute atomic E-state index is 12.1. The van der Waals surface area contributed by atoms with Crippen LogP contribution in [0.5, 0.6) is 0 Å². The fraction of sp³-hybridized carbons (Fsp3) is 0.176. The Kier molecular flexibility index (Phi) is 2.42. The highest BCUT2D eigenvalue weighted by Crippen LogP contribution is 2.52. The highest BCUT2D eigenvalue weighted by Gasteiger charge is 2.59. The summed E-state index contributed by atoms with van der Waals surface area (Å²) < 4.78 is 11.0. The van der Waals surface area contributed by atoms with Gasteiger partial charge in [-0.1, -0.05) is 48.5 Å². The minimum Gasteiger partial charge on any atom is -0.417 e. The molecule has 2 heterocycles. The molecule has 21 heavy (non-hydrogen) atoms. The zero-order chi connectivity index (χ0) is 14.4. The second-order valence-corrected chi connectivity index (χ2v) is 5.24. The molecule has 0 bridgehead atoms. The molecule has 104 valence electrons. The van der Waals surface area contributed by atoms with Crippen LogP contribution in [0.2, 0.25) is 0 Å². The molecule has 1 fully saturated rings.